The average Bonchev–Trinajstić information content (AvgIpc) is 3.13. The second-order valence-electron chi connectivity index (χ2n) is 7.83. The van der Waals surface area contributed by atoms with Crippen molar-refractivity contribution >= 4 is 11.7 Å². The lowest BCUT2D eigenvalue weighted by atomic mass is 9.72. The predicted molar refractivity (Wildman–Crippen MR) is 112 cm³/mol. The molecule has 3 aromatic rings. The first-order valence-corrected chi connectivity index (χ1v) is 9.98. The van der Waals surface area contributed by atoms with E-state index in [-0.39, 0.29) is 23.4 Å². The first-order valence-electron chi connectivity index (χ1n) is 9.98. The van der Waals surface area contributed by atoms with E-state index in [2.05, 4.69) is 22.6 Å². The second-order valence-corrected chi connectivity index (χ2v) is 7.83. The normalized spacial score (nSPS) is 20.4. The molecule has 2 aromatic carbocycles. The van der Waals surface area contributed by atoms with Crippen molar-refractivity contribution in [2.24, 2.45) is 0 Å². The van der Waals surface area contributed by atoms with Gasteiger partial charge in [-0.1, -0.05) is 41.6 Å². The van der Waals surface area contributed by atoms with Crippen LogP contribution in [0.25, 0.3) is 0 Å². The molecule has 0 saturated heterocycles. The number of Topliss-reactive ketones (excluding diaryl/α,β-unsaturated/α-hetero) is 1. The molecule has 30 heavy (non-hydrogen) atoms. The van der Waals surface area contributed by atoms with Crippen LogP contribution in [0, 0.1) is 6.92 Å². The summed E-state index contributed by atoms with van der Waals surface area (Å²) in [6.07, 6.45) is 1.17. The molecule has 0 radical (unpaired) electrons. The molecule has 2 N–H and O–H groups in total. The lowest BCUT2D eigenvalue weighted by Gasteiger charge is -2.34. The molecule has 2 aliphatic rings. The minimum atomic E-state index is -0.318. The van der Waals surface area contributed by atoms with Crippen molar-refractivity contribution < 1.29 is 19.2 Å². The number of carbonyl (C=O) groups excluding carboxylic acids is 1. The summed E-state index contributed by atoms with van der Waals surface area (Å²) in [5.41, 5.74) is 5.22. The molecule has 2 atom stereocenters. The van der Waals surface area contributed by atoms with E-state index >= 15 is 0 Å². The molecule has 0 saturated carbocycles. The number of hydrogen-bond donors (Lipinski definition) is 2. The van der Waals surface area contributed by atoms with Gasteiger partial charge in [-0.15, -0.1) is 0 Å². The highest BCUT2D eigenvalue weighted by molar-refractivity contribution is 6.01. The first kappa shape index (κ1) is 18.5. The predicted octanol–water partition coefficient (Wildman–Crippen LogP) is 4.66. The number of anilines is 1. The number of aromatic hydroxyl groups is 1. The number of methoxy groups -OCH3 is 1. The van der Waals surface area contributed by atoms with Gasteiger partial charge in [0.2, 0.25) is 5.88 Å². The number of aryl methyl sites for hydroxylation is 1. The zero-order chi connectivity index (χ0) is 20.8. The molecule has 0 fully saturated rings. The summed E-state index contributed by atoms with van der Waals surface area (Å²) >= 11 is 0. The zero-order valence-corrected chi connectivity index (χ0v) is 16.8. The van der Waals surface area contributed by atoms with Crippen LogP contribution in [0.15, 0.2) is 64.3 Å². The molecule has 152 valence electrons. The Balaban J connectivity index is 1.64. The maximum absolute atomic E-state index is 13.4. The summed E-state index contributed by atoms with van der Waals surface area (Å²) in [4.78, 5) is 13.4. The van der Waals surface area contributed by atoms with Crippen molar-refractivity contribution in [3.8, 4) is 11.5 Å². The highest BCUT2D eigenvalue weighted by Gasteiger charge is 2.41. The number of nitrogens with zero attached hydrogens (tertiary/aromatic N) is 1. The number of carbonyl (C=O) groups is 1. The fourth-order valence-corrected chi connectivity index (χ4v) is 4.64. The average molecular weight is 402 g/mol. The van der Waals surface area contributed by atoms with Crippen LogP contribution in [0.5, 0.6) is 11.5 Å². The molecule has 1 aliphatic heterocycles. The van der Waals surface area contributed by atoms with Gasteiger partial charge in [0.15, 0.2) is 17.3 Å². The summed E-state index contributed by atoms with van der Waals surface area (Å²) in [7, 11) is 1.51. The van der Waals surface area contributed by atoms with Gasteiger partial charge in [-0.05, 0) is 42.5 Å². The maximum Gasteiger partial charge on any atom is 0.233 e. The van der Waals surface area contributed by atoms with E-state index < -0.39 is 0 Å². The summed E-state index contributed by atoms with van der Waals surface area (Å²) in [5.74, 6) is 0.914. The second kappa shape index (κ2) is 7.06. The Hall–Kier alpha value is -3.54. The van der Waals surface area contributed by atoms with Crippen molar-refractivity contribution in [3.05, 3.63) is 82.2 Å². The maximum atomic E-state index is 13.4. The fraction of sp³-hybridized carbons (Fsp3) is 0.250. The molecule has 5 rings (SSSR count). The minimum absolute atomic E-state index is 0.0609. The van der Waals surface area contributed by atoms with Gasteiger partial charge in [-0.25, -0.2) is 0 Å². The quantitative estimate of drug-likeness (QED) is 0.663. The lowest BCUT2D eigenvalue weighted by molar-refractivity contribution is -0.116. The molecule has 2 unspecified atom stereocenters. The van der Waals surface area contributed by atoms with E-state index in [9.17, 15) is 9.90 Å². The van der Waals surface area contributed by atoms with Gasteiger partial charge in [-0.3, -0.25) is 4.79 Å². The first-order chi connectivity index (χ1) is 14.6. The number of fused-ring (bicyclic) bond motifs is 1. The summed E-state index contributed by atoms with van der Waals surface area (Å²) < 4.78 is 10.9. The molecule has 6 heteroatoms. The Morgan fingerprint density at radius 3 is 2.70 bits per heavy atom. The topological polar surface area (TPSA) is 84.6 Å². The highest BCUT2D eigenvalue weighted by atomic mass is 16.5. The Labute approximate surface area is 174 Å². The van der Waals surface area contributed by atoms with E-state index in [1.807, 2.05) is 31.2 Å². The van der Waals surface area contributed by atoms with Crippen LogP contribution in [0.1, 0.15) is 47.1 Å². The number of aromatic nitrogens is 1. The molecule has 6 nitrogen and oxygen atoms in total. The third-order valence-corrected chi connectivity index (χ3v) is 6.07. The molecule has 1 aromatic heterocycles. The summed E-state index contributed by atoms with van der Waals surface area (Å²) in [6.45, 7) is 1.88. The van der Waals surface area contributed by atoms with Crippen LogP contribution in [0.2, 0.25) is 0 Å². The molecule has 0 bridgehead atoms. The fourth-order valence-electron chi connectivity index (χ4n) is 4.64. The molecule has 1 aliphatic carbocycles. The number of phenols is 1. The number of hydrogen-bond acceptors (Lipinski definition) is 6. The van der Waals surface area contributed by atoms with Gasteiger partial charge >= 0.3 is 0 Å². The third-order valence-electron chi connectivity index (χ3n) is 6.07. The number of benzene rings is 2. The Bertz CT molecular complexity index is 1160. The Morgan fingerprint density at radius 1 is 1.13 bits per heavy atom. The van der Waals surface area contributed by atoms with Crippen LogP contribution in [-0.2, 0) is 4.79 Å². The van der Waals surface area contributed by atoms with Crippen molar-refractivity contribution in [2.45, 2.75) is 31.6 Å². The number of ketones is 1. The number of allylic oxidation sites excluding steroid dienone is 2. The van der Waals surface area contributed by atoms with E-state index in [1.165, 1.54) is 7.11 Å². The molecule has 0 spiro atoms. The summed E-state index contributed by atoms with van der Waals surface area (Å²) in [5, 5.41) is 17.5. The molecular weight excluding hydrogens is 380 g/mol. The Kier molecular flexibility index (Phi) is 4.35. The summed E-state index contributed by atoms with van der Waals surface area (Å²) in [6, 6.07) is 15.3. The van der Waals surface area contributed by atoms with Crippen LogP contribution < -0.4 is 10.1 Å². The van der Waals surface area contributed by atoms with Crippen molar-refractivity contribution in [1.29, 1.82) is 0 Å². The molecule has 2 heterocycles. The van der Waals surface area contributed by atoms with Crippen molar-refractivity contribution in [1.82, 2.24) is 5.16 Å². The number of nitrogens with one attached hydrogen (secondary N) is 1. The van der Waals surface area contributed by atoms with Gasteiger partial charge in [0.1, 0.15) is 0 Å². The zero-order valence-electron chi connectivity index (χ0n) is 16.8. The van der Waals surface area contributed by atoms with Gasteiger partial charge in [-0.2, -0.15) is 0 Å². The molecular formula is C24H22N2O4. The monoisotopic (exact) mass is 402 g/mol. The van der Waals surface area contributed by atoms with E-state index in [0.717, 1.165) is 40.1 Å². The van der Waals surface area contributed by atoms with Crippen LogP contribution in [0.3, 0.4) is 0 Å². The number of phenolic OH excluding ortho intramolecular Hbond substituents is 1. The van der Waals surface area contributed by atoms with E-state index in [1.54, 1.807) is 12.1 Å². The van der Waals surface area contributed by atoms with Crippen LogP contribution in [0.4, 0.5) is 5.88 Å². The van der Waals surface area contributed by atoms with Gasteiger partial charge in [0.05, 0.1) is 18.4 Å². The molecule has 0 amide bonds. The highest BCUT2D eigenvalue weighted by Crippen LogP contribution is 2.49. The third kappa shape index (κ3) is 2.87. The SMILES string of the molecule is COc1cc(C2C3=C(CC(c4ccccc4)CC3=O)Nc3onc(C)c32)ccc1O. The van der Waals surface area contributed by atoms with Crippen molar-refractivity contribution in [2.75, 3.05) is 12.4 Å². The standard InChI is InChI=1S/C24H22N2O4/c1-13-21-22(15-8-9-18(27)20(12-15)29-2)23-17(25-24(21)30-26-13)10-16(11-19(23)28)14-6-4-3-5-7-14/h3-9,12,16,22,25,27H,10-11H2,1-2H3. The van der Waals surface area contributed by atoms with E-state index in [4.69, 9.17) is 9.26 Å². The van der Waals surface area contributed by atoms with Gasteiger partial charge in [0.25, 0.3) is 0 Å². The largest absolute Gasteiger partial charge is 0.504 e. The minimum Gasteiger partial charge on any atom is -0.504 e. The van der Waals surface area contributed by atoms with Crippen LogP contribution in [-0.4, -0.2) is 23.2 Å². The lowest BCUT2D eigenvalue weighted by Crippen LogP contribution is -2.29. The number of rotatable bonds is 3. The van der Waals surface area contributed by atoms with Crippen molar-refractivity contribution in [3.63, 3.8) is 0 Å². The van der Waals surface area contributed by atoms with E-state index in [0.29, 0.717) is 18.1 Å². The smallest absolute Gasteiger partial charge is 0.233 e. The van der Waals surface area contributed by atoms with Crippen LogP contribution >= 0.6 is 0 Å². The van der Waals surface area contributed by atoms with Gasteiger partial charge < -0.3 is 19.7 Å². The van der Waals surface area contributed by atoms with Gasteiger partial charge in [0, 0.05) is 23.6 Å². The number of ether oxygens (including phenoxy) is 1. The Morgan fingerprint density at radius 2 is 1.93 bits per heavy atom.